The van der Waals surface area contributed by atoms with Gasteiger partial charge in [-0.15, -0.1) is 5.10 Å². The van der Waals surface area contributed by atoms with Gasteiger partial charge < -0.3 is 10.1 Å². The summed E-state index contributed by atoms with van der Waals surface area (Å²) in [5.41, 5.74) is 1.57. The molecule has 1 N–H and O–H groups in total. The van der Waals surface area contributed by atoms with Crippen molar-refractivity contribution in [1.82, 2.24) is 20.2 Å². The molecule has 0 aliphatic carbocycles. The standard InChI is InChI=1S/C19H16N6O3/c20-11-15-8-4-5-9-16(15)22-18(26)12-28-19(27)17(25-13-21-23-24-25)10-14-6-2-1-3-7-14/h1-9,13,17H,10,12H2,(H,22,26)/t17-/m1/s1. The molecule has 0 radical (unpaired) electrons. The molecule has 0 aliphatic rings. The van der Waals surface area contributed by atoms with Crippen molar-refractivity contribution in [2.45, 2.75) is 12.5 Å². The van der Waals surface area contributed by atoms with Gasteiger partial charge in [0.15, 0.2) is 12.6 Å². The van der Waals surface area contributed by atoms with E-state index < -0.39 is 24.5 Å². The zero-order valence-electron chi connectivity index (χ0n) is 14.7. The maximum absolute atomic E-state index is 12.6. The van der Waals surface area contributed by atoms with E-state index in [2.05, 4.69) is 20.8 Å². The van der Waals surface area contributed by atoms with E-state index >= 15 is 0 Å². The second-order valence-electron chi connectivity index (χ2n) is 5.81. The molecule has 1 heterocycles. The minimum Gasteiger partial charge on any atom is -0.454 e. The van der Waals surface area contributed by atoms with Crippen LogP contribution in [0.4, 0.5) is 5.69 Å². The lowest BCUT2D eigenvalue weighted by Gasteiger charge is -2.15. The molecule has 0 bridgehead atoms. The molecule has 0 saturated heterocycles. The third-order valence-electron chi connectivity index (χ3n) is 3.90. The molecule has 140 valence electrons. The zero-order chi connectivity index (χ0) is 19.8. The Bertz CT molecular complexity index is 982. The minimum atomic E-state index is -0.809. The molecule has 0 saturated carbocycles. The molecule has 1 aromatic heterocycles. The van der Waals surface area contributed by atoms with Crippen molar-refractivity contribution >= 4 is 17.6 Å². The van der Waals surface area contributed by atoms with Crippen LogP contribution in [0.2, 0.25) is 0 Å². The summed E-state index contributed by atoms with van der Waals surface area (Å²) in [5, 5.41) is 22.5. The van der Waals surface area contributed by atoms with E-state index in [0.717, 1.165) is 5.56 Å². The molecule has 0 spiro atoms. The fourth-order valence-electron chi connectivity index (χ4n) is 2.54. The highest BCUT2D eigenvalue weighted by atomic mass is 16.5. The topological polar surface area (TPSA) is 123 Å². The van der Waals surface area contributed by atoms with Crippen molar-refractivity contribution in [3.05, 3.63) is 72.1 Å². The van der Waals surface area contributed by atoms with Gasteiger partial charge in [-0.25, -0.2) is 9.48 Å². The predicted octanol–water partition coefficient (Wildman–Crippen LogP) is 1.51. The molecule has 9 heteroatoms. The van der Waals surface area contributed by atoms with Crippen LogP contribution in [-0.4, -0.2) is 38.7 Å². The number of carbonyl (C=O) groups excluding carboxylic acids is 2. The maximum atomic E-state index is 12.6. The number of hydrogen-bond acceptors (Lipinski definition) is 7. The Morgan fingerprint density at radius 1 is 1.14 bits per heavy atom. The van der Waals surface area contributed by atoms with Crippen LogP contribution in [0.3, 0.4) is 0 Å². The molecular weight excluding hydrogens is 360 g/mol. The first-order chi connectivity index (χ1) is 13.7. The lowest BCUT2D eigenvalue weighted by atomic mass is 10.1. The summed E-state index contributed by atoms with van der Waals surface area (Å²) in [6.07, 6.45) is 1.63. The van der Waals surface area contributed by atoms with Crippen molar-refractivity contribution in [2.24, 2.45) is 0 Å². The Labute approximate surface area is 160 Å². The van der Waals surface area contributed by atoms with Crippen molar-refractivity contribution in [1.29, 1.82) is 5.26 Å². The van der Waals surface area contributed by atoms with E-state index in [4.69, 9.17) is 10.00 Å². The second kappa shape index (κ2) is 9.05. The number of hydrogen-bond donors (Lipinski definition) is 1. The van der Waals surface area contributed by atoms with Gasteiger partial charge in [-0.3, -0.25) is 4.79 Å². The first-order valence-electron chi connectivity index (χ1n) is 8.39. The summed E-state index contributed by atoms with van der Waals surface area (Å²) < 4.78 is 6.45. The number of nitrogens with zero attached hydrogens (tertiary/aromatic N) is 5. The molecule has 9 nitrogen and oxygen atoms in total. The quantitative estimate of drug-likeness (QED) is 0.620. The summed E-state index contributed by atoms with van der Waals surface area (Å²) in [4.78, 5) is 24.7. The Morgan fingerprint density at radius 3 is 2.61 bits per heavy atom. The van der Waals surface area contributed by atoms with Crippen molar-refractivity contribution in [2.75, 3.05) is 11.9 Å². The van der Waals surface area contributed by atoms with Gasteiger partial charge >= 0.3 is 5.97 Å². The lowest BCUT2D eigenvalue weighted by Crippen LogP contribution is -2.28. The van der Waals surface area contributed by atoms with Crippen LogP contribution in [0.1, 0.15) is 17.2 Å². The number of tetrazole rings is 1. The molecule has 3 aromatic rings. The number of carbonyl (C=O) groups is 2. The van der Waals surface area contributed by atoms with Crippen LogP contribution in [0.5, 0.6) is 0 Å². The number of benzene rings is 2. The smallest absolute Gasteiger partial charge is 0.331 e. The molecule has 0 fully saturated rings. The van der Waals surface area contributed by atoms with Gasteiger partial charge in [-0.2, -0.15) is 5.26 Å². The number of esters is 1. The molecule has 2 aromatic carbocycles. The number of amides is 1. The molecule has 1 amide bonds. The first-order valence-corrected chi connectivity index (χ1v) is 8.39. The van der Waals surface area contributed by atoms with E-state index in [0.29, 0.717) is 17.7 Å². The van der Waals surface area contributed by atoms with Crippen molar-refractivity contribution in [3.8, 4) is 6.07 Å². The van der Waals surface area contributed by atoms with Crippen LogP contribution in [0.25, 0.3) is 0 Å². The third-order valence-corrected chi connectivity index (χ3v) is 3.90. The zero-order valence-corrected chi connectivity index (χ0v) is 14.7. The highest BCUT2D eigenvalue weighted by molar-refractivity contribution is 5.94. The number of rotatable bonds is 7. The Hall–Kier alpha value is -4.06. The Kier molecular flexibility index (Phi) is 6.05. The molecule has 0 aliphatic heterocycles. The fraction of sp³-hybridized carbons (Fsp3) is 0.158. The second-order valence-corrected chi connectivity index (χ2v) is 5.81. The number of ether oxygens (including phenoxy) is 1. The molecule has 28 heavy (non-hydrogen) atoms. The van der Waals surface area contributed by atoms with Gasteiger partial charge in [0, 0.05) is 6.42 Å². The minimum absolute atomic E-state index is 0.309. The Balaban J connectivity index is 1.63. The van der Waals surface area contributed by atoms with E-state index in [9.17, 15) is 9.59 Å². The highest BCUT2D eigenvalue weighted by Gasteiger charge is 2.24. The summed E-state index contributed by atoms with van der Waals surface area (Å²) in [6.45, 7) is -0.494. The van der Waals surface area contributed by atoms with Crippen LogP contribution in [-0.2, 0) is 20.7 Å². The van der Waals surface area contributed by atoms with E-state index in [1.807, 2.05) is 36.4 Å². The Morgan fingerprint density at radius 2 is 1.89 bits per heavy atom. The van der Waals surface area contributed by atoms with E-state index in [1.165, 1.54) is 11.0 Å². The van der Waals surface area contributed by atoms with Crippen LogP contribution in [0.15, 0.2) is 60.9 Å². The maximum Gasteiger partial charge on any atom is 0.331 e. The number of aromatic nitrogens is 4. The van der Waals surface area contributed by atoms with Gasteiger partial charge in [0.05, 0.1) is 11.3 Å². The van der Waals surface area contributed by atoms with Crippen LogP contribution < -0.4 is 5.32 Å². The summed E-state index contributed by atoms with van der Waals surface area (Å²) >= 11 is 0. The van der Waals surface area contributed by atoms with Crippen molar-refractivity contribution in [3.63, 3.8) is 0 Å². The number of anilines is 1. The average Bonchev–Trinajstić information content (AvgIpc) is 3.26. The monoisotopic (exact) mass is 376 g/mol. The number of nitriles is 1. The van der Waals surface area contributed by atoms with Gasteiger partial charge in [-0.05, 0) is 28.1 Å². The number of para-hydroxylation sites is 1. The molecule has 1 atom stereocenters. The molecular formula is C19H16N6O3. The van der Waals surface area contributed by atoms with E-state index in [1.54, 1.807) is 24.3 Å². The third kappa shape index (κ3) is 4.76. The van der Waals surface area contributed by atoms with Gasteiger partial charge in [0.25, 0.3) is 5.91 Å². The van der Waals surface area contributed by atoms with Gasteiger partial charge in [0.1, 0.15) is 12.4 Å². The summed E-state index contributed by atoms with van der Waals surface area (Å²) in [6, 6.07) is 17.1. The highest BCUT2D eigenvalue weighted by Crippen LogP contribution is 2.16. The fourth-order valence-corrected chi connectivity index (χ4v) is 2.54. The van der Waals surface area contributed by atoms with Gasteiger partial charge in [-0.1, -0.05) is 42.5 Å². The SMILES string of the molecule is N#Cc1ccccc1NC(=O)COC(=O)[C@@H](Cc1ccccc1)n1cnnn1. The van der Waals surface area contributed by atoms with Gasteiger partial charge in [0.2, 0.25) is 0 Å². The average molecular weight is 376 g/mol. The van der Waals surface area contributed by atoms with Crippen LogP contribution in [0, 0.1) is 11.3 Å². The molecule has 0 unspecified atom stereocenters. The number of nitrogens with one attached hydrogen (secondary N) is 1. The summed E-state index contributed by atoms with van der Waals surface area (Å²) in [7, 11) is 0. The summed E-state index contributed by atoms with van der Waals surface area (Å²) in [5.74, 6) is -1.19. The van der Waals surface area contributed by atoms with Crippen LogP contribution >= 0.6 is 0 Å². The normalized spacial score (nSPS) is 11.2. The lowest BCUT2D eigenvalue weighted by molar-refractivity contribution is -0.151. The largest absolute Gasteiger partial charge is 0.454 e. The predicted molar refractivity (Wildman–Crippen MR) is 97.7 cm³/mol. The first kappa shape index (κ1) is 18.7. The molecule has 3 rings (SSSR count). The van der Waals surface area contributed by atoms with Crippen molar-refractivity contribution < 1.29 is 14.3 Å². The van der Waals surface area contributed by atoms with E-state index in [-0.39, 0.29) is 0 Å².